The number of nitrogens with zero attached hydrogens (tertiary/aromatic N) is 3. The maximum absolute atomic E-state index is 12.4. The van der Waals surface area contributed by atoms with Crippen molar-refractivity contribution >= 4 is 11.6 Å². The first-order valence-electron chi connectivity index (χ1n) is 6.32. The fourth-order valence-electron chi connectivity index (χ4n) is 1.90. The fourth-order valence-corrected chi connectivity index (χ4v) is 2.03. The van der Waals surface area contributed by atoms with E-state index in [1.165, 1.54) is 0 Å². The Kier molecular flexibility index (Phi) is 4.41. The van der Waals surface area contributed by atoms with Crippen molar-refractivity contribution < 1.29 is 13.2 Å². The van der Waals surface area contributed by atoms with Crippen LogP contribution in [-0.2, 0) is 13.1 Å². The van der Waals surface area contributed by atoms with E-state index in [2.05, 4.69) is 5.10 Å². The molecular formula is C13H13ClF3N3O. The Hall–Kier alpha value is -1.76. The molecule has 0 aliphatic carbocycles. The minimum absolute atomic E-state index is 0.211. The molecule has 0 fully saturated rings. The number of hydrogen-bond acceptors (Lipinski definition) is 2. The van der Waals surface area contributed by atoms with E-state index in [1.807, 2.05) is 0 Å². The minimum Gasteiger partial charge on any atom is -0.275 e. The molecule has 2 rings (SSSR count). The number of hydrogen-bond donors (Lipinski definition) is 0. The third-order valence-corrected chi connectivity index (χ3v) is 3.20. The van der Waals surface area contributed by atoms with E-state index in [9.17, 15) is 18.0 Å². The number of aryl methyl sites for hydroxylation is 1. The highest BCUT2D eigenvalue weighted by Gasteiger charge is 2.28. The van der Waals surface area contributed by atoms with Gasteiger partial charge in [-0.05, 0) is 31.2 Å². The van der Waals surface area contributed by atoms with Crippen molar-refractivity contribution in [2.75, 3.05) is 0 Å². The lowest BCUT2D eigenvalue weighted by molar-refractivity contribution is -0.136. The van der Waals surface area contributed by atoms with Crippen LogP contribution in [-0.4, -0.2) is 20.5 Å². The maximum atomic E-state index is 12.4. The molecule has 4 nitrogen and oxygen atoms in total. The summed E-state index contributed by atoms with van der Waals surface area (Å²) in [6, 6.07) is 6.43. The molecule has 0 aliphatic heterocycles. The smallest absolute Gasteiger partial charge is 0.275 e. The number of benzene rings is 1. The molecule has 0 radical (unpaired) electrons. The summed E-state index contributed by atoms with van der Waals surface area (Å²) in [5.74, 6) is 0.211. The summed E-state index contributed by atoms with van der Waals surface area (Å²) >= 11 is 5.78. The third-order valence-electron chi connectivity index (χ3n) is 2.94. The Morgan fingerprint density at radius 2 is 1.86 bits per heavy atom. The molecule has 1 aromatic carbocycles. The Morgan fingerprint density at radius 1 is 1.24 bits per heavy atom. The number of aromatic nitrogens is 3. The molecule has 0 atom stereocenters. The molecule has 0 unspecified atom stereocenters. The standard InChI is InChI=1S/C13H13ClF3N3O/c1-2-20-12(21)19(8-7-13(15,16)17)11(18-20)9-3-5-10(14)6-4-9/h3-6H,2,7-8H2,1H3. The minimum atomic E-state index is -4.33. The normalized spacial score (nSPS) is 11.9. The zero-order valence-corrected chi connectivity index (χ0v) is 11.9. The van der Waals surface area contributed by atoms with Gasteiger partial charge in [0.1, 0.15) is 0 Å². The average Bonchev–Trinajstić information content (AvgIpc) is 2.73. The second-order valence-corrected chi connectivity index (χ2v) is 4.88. The molecule has 1 aromatic heterocycles. The highest BCUT2D eigenvalue weighted by Crippen LogP contribution is 2.23. The van der Waals surface area contributed by atoms with Gasteiger partial charge >= 0.3 is 11.9 Å². The monoisotopic (exact) mass is 319 g/mol. The Labute approximate surface area is 123 Å². The first-order valence-corrected chi connectivity index (χ1v) is 6.70. The van der Waals surface area contributed by atoms with Gasteiger partial charge in [-0.25, -0.2) is 9.48 Å². The van der Waals surface area contributed by atoms with Crippen molar-refractivity contribution in [3.05, 3.63) is 39.8 Å². The van der Waals surface area contributed by atoms with Crippen LogP contribution >= 0.6 is 11.6 Å². The maximum Gasteiger partial charge on any atom is 0.390 e. The topological polar surface area (TPSA) is 39.8 Å². The number of rotatable bonds is 4. The molecule has 0 saturated heterocycles. The van der Waals surface area contributed by atoms with Crippen LogP contribution in [0.15, 0.2) is 29.1 Å². The zero-order chi connectivity index (χ0) is 15.6. The first kappa shape index (κ1) is 15.6. The van der Waals surface area contributed by atoms with Crippen LogP contribution in [0, 0.1) is 0 Å². The highest BCUT2D eigenvalue weighted by atomic mass is 35.5. The summed E-state index contributed by atoms with van der Waals surface area (Å²) in [5, 5.41) is 4.58. The van der Waals surface area contributed by atoms with E-state index >= 15 is 0 Å². The van der Waals surface area contributed by atoms with Crippen molar-refractivity contribution in [1.82, 2.24) is 14.3 Å². The average molecular weight is 320 g/mol. The number of halogens is 4. The largest absolute Gasteiger partial charge is 0.390 e. The van der Waals surface area contributed by atoms with Crippen LogP contribution in [0.5, 0.6) is 0 Å². The lowest BCUT2D eigenvalue weighted by atomic mass is 10.2. The van der Waals surface area contributed by atoms with Gasteiger partial charge in [-0.2, -0.15) is 13.2 Å². The van der Waals surface area contributed by atoms with Crippen LogP contribution in [0.1, 0.15) is 13.3 Å². The van der Waals surface area contributed by atoms with Gasteiger partial charge < -0.3 is 0 Å². The SMILES string of the molecule is CCn1nc(-c2ccc(Cl)cc2)n(CCC(F)(F)F)c1=O. The van der Waals surface area contributed by atoms with Gasteiger partial charge in [-0.15, -0.1) is 5.10 Å². The van der Waals surface area contributed by atoms with Crippen LogP contribution in [0.25, 0.3) is 11.4 Å². The van der Waals surface area contributed by atoms with Gasteiger partial charge in [0.05, 0.1) is 6.42 Å². The van der Waals surface area contributed by atoms with E-state index in [1.54, 1.807) is 31.2 Å². The van der Waals surface area contributed by atoms with E-state index < -0.39 is 24.8 Å². The quantitative estimate of drug-likeness (QED) is 0.867. The highest BCUT2D eigenvalue weighted by molar-refractivity contribution is 6.30. The summed E-state index contributed by atoms with van der Waals surface area (Å²) in [4.78, 5) is 12.0. The molecule has 21 heavy (non-hydrogen) atoms. The molecule has 0 aliphatic rings. The van der Waals surface area contributed by atoms with Crippen molar-refractivity contribution in [3.8, 4) is 11.4 Å². The molecule has 0 saturated carbocycles. The summed E-state index contributed by atoms with van der Waals surface area (Å²) in [7, 11) is 0. The molecule has 114 valence electrons. The van der Waals surface area contributed by atoms with Gasteiger partial charge in [0, 0.05) is 23.7 Å². The zero-order valence-electron chi connectivity index (χ0n) is 11.2. The van der Waals surface area contributed by atoms with Gasteiger partial charge in [-0.1, -0.05) is 11.6 Å². The summed E-state index contributed by atoms with van der Waals surface area (Å²) in [5.41, 5.74) is -0.00225. The second-order valence-electron chi connectivity index (χ2n) is 4.45. The van der Waals surface area contributed by atoms with Crippen LogP contribution in [0.3, 0.4) is 0 Å². The third kappa shape index (κ3) is 3.66. The predicted molar refractivity (Wildman–Crippen MR) is 73.3 cm³/mol. The van der Waals surface area contributed by atoms with Crippen LogP contribution in [0.4, 0.5) is 13.2 Å². The molecule has 2 aromatic rings. The lowest BCUT2D eigenvalue weighted by Gasteiger charge is -2.08. The van der Waals surface area contributed by atoms with E-state index in [4.69, 9.17) is 11.6 Å². The van der Waals surface area contributed by atoms with Gasteiger partial charge in [0.15, 0.2) is 5.82 Å². The molecule has 1 heterocycles. The van der Waals surface area contributed by atoms with Gasteiger partial charge in [0.2, 0.25) is 0 Å². The Morgan fingerprint density at radius 3 is 2.38 bits per heavy atom. The van der Waals surface area contributed by atoms with Crippen molar-refractivity contribution in [2.45, 2.75) is 32.6 Å². The molecule has 0 amide bonds. The predicted octanol–water partition coefficient (Wildman–Crippen LogP) is 3.34. The molecule has 8 heteroatoms. The molecule has 0 bridgehead atoms. The Balaban J connectivity index is 2.44. The molecule has 0 N–H and O–H groups in total. The van der Waals surface area contributed by atoms with Gasteiger partial charge in [-0.3, -0.25) is 4.57 Å². The van der Waals surface area contributed by atoms with Crippen molar-refractivity contribution in [3.63, 3.8) is 0 Å². The van der Waals surface area contributed by atoms with E-state index in [0.717, 1.165) is 9.25 Å². The van der Waals surface area contributed by atoms with Gasteiger partial charge in [0.25, 0.3) is 0 Å². The van der Waals surface area contributed by atoms with E-state index in [-0.39, 0.29) is 5.82 Å². The summed E-state index contributed by atoms with van der Waals surface area (Å²) in [6.45, 7) is 1.53. The lowest BCUT2D eigenvalue weighted by Crippen LogP contribution is -2.26. The fraction of sp³-hybridized carbons (Fsp3) is 0.385. The van der Waals surface area contributed by atoms with Crippen LogP contribution < -0.4 is 5.69 Å². The summed E-state index contributed by atoms with van der Waals surface area (Å²) in [6.07, 6.45) is -5.41. The molecular weight excluding hydrogens is 307 g/mol. The summed E-state index contributed by atoms with van der Waals surface area (Å²) < 4.78 is 39.3. The Bertz CT molecular complexity index is 673. The number of alkyl halides is 3. The molecule has 0 spiro atoms. The van der Waals surface area contributed by atoms with Crippen molar-refractivity contribution in [2.24, 2.45) is 0 Å². The van der Waals surface area contributed by atoms with Crippen molar-refractivity contribution in [1.29, 1.82) is 0 Å². The first-order chi connectivity index (χ1) is 9.81. The second kappa shape index (κ2) is 5.93. The van der Waals surface area contributed by atoms with E-state index in [0.29, 0.717) is 17.1 Å². The van der Waals surface area contributed by atoms with Crippen LogP contribution in [0.2, 0.25) is 5.02 Å².